The number of hydrogen-bond acceptors (Lipinski definition) is 5. The lowest BCUT2D eigenvalue weighted by atomic mass is 10.0. The van der Waals surface area contributed by atoms with Gasteiger partial charge in [0.15, 0.2) is 0 Å². The smallest absolute Gasteiger partial charge is 0.137 e. The van der Waals surface area contributed by atoms with Crippen LogP contribution < -0.4 is 21.7 Å². The van der Waals surface area contributed by atoms with Crippen LogP contribution in [0.15, 0.2) is 24.4 Å². The van der Waals surface area contributed by atoms with Crippen molar-refractivity contribution in [1.82, 2.24) is 15.6 Å². The third-order valence-corrected chi connectivity index (χ3v) is 3.00. The van der Waals surface area contributed by atoms with Gasteiger partial charge in [-0.05, 0) is 17.7 Å². The number of benzene rings is 1. The Morgan fingerprint density at radius 3 is 2.83 bits per heavy atom. The zero-order chi connectivity index (χ0) is 13.1. The Morgan fingerprint density at radius 1 is 1.50 bits per heavy atom. The van der Waals surface area contributed by atoms with E-state index >= 15 is 0 Å². The summed E-state index contributed by atoms with van der Waals surface area (Å²) in [4.78, 5) is 0. The van der Waals surface area contributed by atoms with Crippen molar-refractivity contribution >= 4 is 17.4 Å². The van der Waals surface area contributed by atoms with Crippen LogP contribution in [-0.2, 0) is 0 Å². The molecule has 18 heavy (non-hydrogen) atoms. The van der Waals surface area contributed by atoms with Gasteiger partial charge in [0.25, 0.3) is 0 Å². The molecule has 1 atom stereocenters. The molecule has 0 aliphatic carbocycles. The molecule has 96 valence electrons. The Labute approximate surface area is 109 Å². The molecule has 1 heterocycles. The first kappa shape index (κ1) is 12.7. The van der Waals surface area contributed by atoms with Crippen LogP contribution in [0.3, 0.4) is 0 Å². The molecule has 1 unspecified atom stereocenters. The van der Waals surface area contributed by atoms with Gasteiger partial charge >= 0.3 is 0 Å². The van der Waals surface area contributed by atoms with Gasteiger partial charge in [0.1, 0.15) is 11.6 Å². The lowest BCUT2D eigenvalue weighted by molar-refractivity contribution is 0.414. The lowest BCUT2D eigenvalue weighted by Gasteiger charge is -2.16. The van der Waals surface area contributed by atoms with Crippen molar-refractivity contribution in [3.63, 3.8) is 0 Å². The van der Waals surface area contributed by atoms with E-state index < -0.39 is 0 Å². The third kappa shape index (κ3) is 2.26. The number of nitrogen functional groups attached to an aromatic ring is 1. The predicted octanol–water partition coefficient (Wildman–Crippen LogP) is 1.21. The van der Waals surface area contributed by atoms with Crippen LogP contribution in [0.1, 0.15) is 17.2 Å². The van der Waals surface area contributed by atoms with Crippen molar-refractivity contribution in [2.75, 3.05) is 12.8 Å². The number of nitrogens with two attached hydrogens (primary N) is 2. The fourth-order valence-corrected chi connectivity index (χ4v) is 1.95. The fraction of sp³-hybridized carbons (Fsp3) is 0.182. The molecule has 1 aromatic heterocycles. The molecule has 1 aromatic carbocycles. The molecule has 0 radical (unpaired) electrons. The van der Waals surface area contributed by atoms with Crippen molar-refractivity contribution in [2.45, 2.75) is 6.04 Å². The second kappa shape index (κ2) is 5.26. The molecule has 6 nitrogen and oxygen atoms in total. The highest BCUT2D eigenvalue weighted by Gasteiger charge is 2.18. The van der Waals surface area contributed by atoms with Crippen LogP contribution in [0.4, 0.5) is 5.82 Å². The second-order valence-corrected chi connectivity index (χ2v) is 4.14. The summed E-state index contributed by atoms with van der Waals surface area (Å²) in [5.41, 5.74) is 10.1. The van der Waals surface area contributed by atoms with Crippen LogP contribution in [-0.4, -0.2) is 17.3 Å². The van der Waals surface area contributed by atoms with Gasteiger partial charge < -0.3 is 10.5 Å². The molecule has 0 amide bonds. The lowest BCUT2D eigenvalue weighted by Crippen LogP contribution is -2.29. The maximum atomic E-state index is 5.98. The summed E-state index contributed by atoms with van der Waals surface area (Å²) in [5, 5.41) is 7.08. The number of halogens is 1. The van der Waals surface area contributed by atoms with E-state index in [1.165, 1.54) is 0 Å². The van der Waals surface area contributed by atoms with Gasteiger partial charge in [-0.25, -0.2) is 5.43 Å². The average Bonchev–Trinajstić information content (AvgIpc) is 2.79. The first-order valence-electron chi connectivity index (χ1n) is 5.25. The number of ether oxygens (including phenoxy) is 1. The summed E-state index contributed by atoms with van der Waals surface area (Å²) < 4.78 is 5.17. The molecule has 0 bridgehead atoms. The van der Waals surface area contributed by atoms with Gasteiger partial charge in [0.2, 0.25) is 0 Å². The number of hydrogen-bond donors (Lipinski definition) is 4. The molecule has 0 spiro atoms. The fourth-order valence-electron chi connectivity index (χ4n) is 1.76. The highest BCUT2D eigenvalue weighted by Crippen LogP contribution is 2.31. The monoisotopic (exact) mass is 267 g/mol. The van der Waals surface area contributed by atoms with Crippen LogP contribution in [0.25, 0.3) is 0 Å². The average molecular weight is 268 g/mol. The zero-order valence-corrected chi connectivity index (χ0v) is 10.5. The highest BCUT2D eigenvalue weighted by molar-refractivity contribution is 6.32. The normalized spacial score (nSPS) is 12.4. The Hall–Kier alpha value is -1.76. The van der Waals surface area contributed by atoms with E-state index in [0.717, 1.165) is 11.1 Å². The van der Waals surface area contributed by atoms with Gasteiger partial charge in [-0.3, -0.25) is 10.9 Å². The minimum Gasteiger partial charge on any atom is -0.495 e. The van der Waals surface area contributed by atoms with Crippen LogP contribution in [0, 0.1) is 0 Å². The summed E-state index contributed by atoms with van der Waals surface area (Å²) in [6, 6.07) is 5.12. The number of nitrogens with zero attached hydrogens (tertiary/aromatic N) is 1. The van der Waals surface area contributed by atoms with E-state index in [2.05, 4.69) is 15.6 Å². The number of rotatable bonds is 4. The standard InChI is InChI=1S/C11H14ClN5O/c1-18-9-4-6(2-3-8(9)12)10(16-14)7-5-15-17-11(7)13/h2-5,10,16H,14H2,1H3,(H3,13,15,17). The Balaban J connectivity index is 2.42. The summed E-state index contributed by atoms with van der Waals surface area (Å²) in [7, 11) is 1.56. The Morgan fingerprint density at radius 2 is 2.28 bits per heavy atom. The molecule has 2 rings (SSSR count). The second-order valence-electron chi connectivity index (χ2n) is 3.73. The number of H-pyrrole nitrogens is 1. The molecule has 0 saturated heterocycles. The number of nitrogens with one attached hydrogen (secondary N) is 2. The molecule has 0 aliphatic rings. The van der Waals surface area contributed by atoms with Crippen LogP contribution in [0.2, 0.25) is 5.02 Å². The van der Waals surface area contributed by atoms with E-state index in [4.69, 9.17) is 27.9 Å². The van der Waals surface area contributed by atoms with Crippen molar-refractivity contribution < 1.29 is 4.74 Å². The summed E-state index contributed by atoms with van der Waals surface area (Å²) in [6.45, 7) is 0. The SMILES string of the molecule is COc1cc(C(NN)c2cn[nH]c2N)ccc1Cl. The molecular formula is C11H14ClN5O. The van der Waals surface area contributed by atoms with E-state index in [9.17, 15) is 0 Å². The van der Waals surface area contributed by atoms with Gasteiger partial charge in [-0.2, -0.15) is 5.10 Å². The first-order valence-corrected chi connectivity index (χ1v) is 5.63. The van der Waals surface area contributed by atoms with E-state index in [-0.39, 0.29) is 6.04 Å². The number of aromatic amines is 1. The van der Waals surface area contributed by atoms with Crippen molar-refractivity contribution in [3.05, 3.63) is 40.5 Å². The molecular weight excluding hydrogens is 254 g/mol. The molecule has 0 saturated carbocycles. The zero-order valence-electron chi connectivity index (χ0n) is 9.77. The van der Waals surface area contributed by atoms with Crippen molar-refractivity contribution in [1.29, 1.82) is 0 Å². The molecule has 0 aliphatic heterocycles. The quantitative estimate of drug-likeness (QED) is 0.493. The number of methoxy groups -OCH3 is 1. The maximum absolute atomic E-state index is 5.98. The van der Waals surface area contributed by atoms with Gasteiger partial charge in [0, 0.05) is 5.56 Å². The van der Waals surface area contributed by atoms with Gasteiger partial charge in [-0.15, -0.1) is 0 Å². The van der Waals surface area contributed by atoms with Crippen molar-refractivity contribution in [3.8, 4) is 5.75 Å². The minimum absolute atomic E-state index is 0.282. The Bertz CT molecular complexity index is 542. The Kier molecular flexibility index (Phi) is 3.71. The summed E-state index contributed by atoms with van der Waals surface area (Å²) >= 11 is 5.98. The maximum Gasteiger partial charge on any atom is 0.137 e. The van der Waals surface area contributed by atoms with Crippen LogP contribution in [0.5, 0.6) is 5.75 Å². The number of aromatic nitrogens is 2. The summed E-state index contributed by atoms with van der Waals surface area (Å²) in [6.07, 6.45) is 1.63. The third-order valence-electron chi connectivity index (χ3n) is 2.69. The topological polar surface area (TPSA) is 102 Å². The van der Waals surface area contributed by atoms with E-state index in [0.29, 0.717) is 16.6 Å². The van der Waals surface area contributed by atoms with E-state index in [1.54, 1.807) is 25.4 Å². The van der Waals surface area contributed by atoms with E-state index in [1.807, 2.05) is 6.07 Å². The van der Waals surface area contributed by atoms with Gasteiger partial charge in [0.05, 0.1) is 24.4 Å². The minimum atomic E-state index is -0.282. The number of anilines is 1. The first-order chi connectivity index (χ1) is 8.67. The predicted molar refractivity (Wildman–Crippen MR) is 70.2 cm³/mol. The molecule has 2 aromatic rings. The highest BCUT2D eigenvalue weighted by atomic mass is 35.5. The molecule has 6 N–H and O–H groups in total. The largest absolute Gasteiger partial charge is 0.495 e. The number of hydrazine groups is 1. The van der Waals surface area contributed by atoms with Gasteiger partial charge in [-0.1, -0.05) is 17.7 Å². The summed E-state index contributed by atoms with van der Waals surface area (Å²) in [5.74, 6) is 6.62. The van der Waals surface area contributed by atoms with Crippen molar-refractivity contribution in [2.24, 2.45) is 5.84 Å². The van der Waals surface area contributed by atoms with Crippen LogP contribution >= 0.6 is 11.6 Å². The molecule has 7 heteroatoms. The molecule has 0 fully saturated rings.